The molecular weight excluding hydrogens is 599 g/mol. The molecule has 1 aromatic rings. The van der Waals surface area contributed by atoms with Gasteiger partial charge in [0, 0.05) is 17.5 Å². The van der Waals surface area contributed by atoms with Crippen molar-refractivity contribution in [1.82, 2.24) is 10.4 Å². The lowest BCUT2D eigenvalue weighted by Gasteiger charge is -2.37. The van der Waals surface area contributed by atoms with Gasteiger partial charge < -0.3 is 20.0 Å². The van der Waals surface area contributed by atoms with Gasteiger partial charge in [0.15, 0.2) is 8.32 Å². The molecule has 2 unspecified atom stereocenters. The molecule has 9 heteroatoms. The summed E-state index contributed by atoms with van der Waals surface area (Å²) in [6.45, 7) is 17.7. The lowest BCUT2D eigenvalue weighted by molar-refractivity contribution is -0.181. The normalized spacial score (nSPS) is 30.3. The van der Waals surface area contributed by atoms with E-state index in [9.17, 15) is 15.0 Å². The van der Waals surface area contributed by atoms with Gasteiger partial charge in [-0.15, -0.1) is 0 Å². The highest BCUT2D eigenvalue weighted by atomic mass is 127. The Morgan fingerprint density at radius 2 is 1.97 bits per heavy atom. The number of hydrogen-bond donors (Lipinski definition) is 3. The molecule has 1 amide bonds. The van der Waals surface area contributed by atoms with Crippen molar-refractivity contribution in [2.75, 3.05) is 6.61 Å². The van der Waals surface area contributed by atoms with Crippen LogP contribution in [0.2, 0.25) is 18.1 Å². The van der Waals surface area contributed by atoms with Crippen LogP contribution in [0.4, 0.5) is 0 Å². The minimum atomic E-state index is -2.07. The molecule has 0 radical (unpaired) electrons. The monoisotopic (exact) mass is 646 g/mol. The Kier molecular flexibility index (Phi) is 10.2. The molecule has 7 atom stereocenters. The number of aliphatic hydroxyl groups excluding tert-OH is 1. The second kappa shape index (κ2) is 12.2. The van der Waals surface area contributed by atoms with Crippen LogP contribution in [-0.4, -0.2) is 60.4 Å². The fraction of sp³-hybridized carbons (Fsp3) is 0.750. The molecule has 0 bridgehead atoms. The number of aliphatic hydroxyl groups is 1. The van der Waals surface area contributed by atoms with E-state index in [2.05, 4.69) is 75.6 Å². The average Bonchev–Trinajstić information content (AvgIpc) is 3.16. The van der Waals surface area contributed by atoms with Gasteiger partial charge in [0.2, 0.25) is 5.91 Å². The number of amides is 1. The number of nitrogens with zero attached hydrogens (tertiary/aromatic N) is 1. The Bertz CT molecular complexity index is 938. The fourth-order valence-corrected chi connectivity index (χ4v) is 6.79. The van der Waals surface area contributed by atoms with Crippen molar-refractivity contribution >= 4 is 36.8 Å². The third-order valence-corrected chi connectivity index (χ3v) is 14.2. The fourth-order valence-electron chi connectivity index (χ4n) is 5.23. The van der Waals surface area contributed by atoms with Crippen LogP contribution in [0.15, 0.2) is 18.2 Å². The average molecular weight is 647 g/mol. The number of hydroxylamine groups is 2. The first kappa shape index (κ1) is 30.8. The molecule has 0 aromatic heterocycles. The number of carbonyl (C=O) groups excluding carboxylic acids is 1. The van der Waals surface area contributed by atoms with Crippen LogP contribution in [-0.2, 0) is 20.6 Å². The van der Waals surface area contributed by atoms with Crippen molar-refractivity contribution < 1.29 is 24.3 Å². The van der Waals surface area contributed by atoms with Gasteiger partial charge in [0.1, 0.15) is 17.9 Å². The highest BCUT2D eigenvalue weighted by Crippen LogP contribution is 2.39. The zero-order valence-corrected chi connectivity index (χ0v) is 26.9. The summed E-state index contributed by atoms with van der Waals surface area (Å²) >= 11 is 2.10. The summed E-state index contributed by atoms with van der Waals surface area (Å²) in [4.78, 5) is 20.3. The van der Waals surface area contributed by atoms with Gasteiger partial charge in [0.05, 0.1) is 22.8 Å². The number of nitrogens with one attached hydrogen (secondary N) is 1. The molecule has 0 spiro atoms. The number of benzene rings is 1. The van der Waals surface area contributed by atoms with Crippen LogP contribution in [0.1, 0.15) is 66.4 Å². The molecule has 1 heterocycles. The van der Waals surface area contributed by atoms with E-state index in [4.69, 9.17) is 9.26 Å². The second-order valence-electron chi connectivity index (χ2n) is 12.8. The van der Waals surface area contributed by atoms with Gasteiger partial charge in [-0.2, -0.15) is 5.06 Å². The quantitative estimate of drug-likeness (QED) is 0.258. The molecular formula is C28H47IN2O5Si. The summed E-state index contributed by atoms with van der Waals surface area (Å²) in [6, 6.07) is 4.97. The number of halogens is 1. The predicted octanol–water partition coefficient (Wildman–Crippen LogP) is 5.44. The van der Waals surface area contributed by atoms with Gasteiger partial charge in [-0.25, -0.2) is 0 Å². The maximum absolute atomic E-state index is 13.9. The molecule has 1 aliphatic heterocycles. The van der Waals surface area contributed by atoms with Gasteiger partial charge in [0.25, 0.3) is 0 Å². The SMILES string of the molecule is CC1CC[C@@H](C)C[C@@H]1NC(=O)[C@@H]1[C@H]([C@H](C)O)C(CO[Si](C)(C)C(C)(C)C)ON1Cc1cccc(I)c1O. The Morgan fingerprint density at radius 1 is 1.30 bits per heavy atom. The van der Waals surface area contributed by atoms with Crippen molar-refractivity contribution in [3.8, 4) is 5.75 Å². The summed E-state index contributed by atoms with van der Waals surface area (Å²) in [5.41, 5.74) is 0.680. The Morgan fingerprint density at radius 3 is 2.59 bits per heavy atom. The van der Waals surface area contributed by atoms with E-state index in [1.807, 2.05) is 18.2 Å². The summed E-state index contributed by atoms with van der Waals surface area (Å²) in [6.07, 6.45) is 1.98. The van der Waals surface area contributed by atoms with E-state index in [0.717, 1.165) is 16.4 Å². The number of phenolic OH excluding ortho intramolecular Hbond substituents is 1. The molecule has 1 aromatic carbocycles. The lowest BCUT2D eigenvalue weighted by atomic mass is 9.79. The maximum atomic E-state index is 13.9. The minimum Gasteiger partial charge on any atom is -0.507 e. The van der Waals surface area contributed by atoms with Crippen LogP contribution in [0.3, 0.4) is 0 Å². The number of aromatic hydroxyl groups is 1. The largest absolute Gasteiger partial charge is 0.507 e. The van der Waals surface area contributed by atoms with E-state index in [-0.39, 0.29) is 29.3 Å². The standard InChI is InChI=1S/C28H47IN2O5Si/c1-17-12-13-18(2)22(14-17)30-27(34)25-24(19(3)32)23(16-35-37(7,8)28(4,5)6)36-31(25)15-20-10-9-11-21(29)26(20)33/h9-11,17-19,22-25,32-33H,12-16H2,1-8H3,(H,30,34)/t17-,18?,19+,22+,23?,24-,25+/m1/s1. The lowest BCUT2D eigenvalue weighted by Crippen LogP contribution is -2.53. The minimum absolute atomic E-state index is 0.0305. The number of para-hydroxylation sites is 1. The highest BCUT2D eigenvalue weighted by molar-refractivity contribution is 14.1. The highest BCUT2D eigenvalue weighted by Gasteiger charge is 2.51. The number of phenols is 1. The van der Waals surface area contributed by atoms with Crippen LogP contribution < -0.4 is 5.32 Å². The molecule has 3 rings (SSSR count). The number of rotatable bonds is 8. The van der Waals surface area contributed by atoms with Crippen molar-refractivity contribution in [3.05, 3.63) is 27.3 Å². The van der Waals surface area contributed by atoms with E-state index in [1.165, 1.54) is 6.42 Å². The second-order valence-corrected chi connectivity index (χ2v) is 18.8. The van der Waals surface area contributed by atoms with Crippen molar-refractivity contribution in [3.63, 3.8) is 0 Å². The smallest absolute Gasteiger partial charge is 0.240 e. The topological polar surface area (TPSA) is 91.3 Å². The summed E-state index contributed by atoms with van der Waals surface area (Å²) < 4.78 is 7.24. The molecule has 1 aliphatic carbocycles. The molecule has 2 aliphatic rings. The maximum Gasteiger partial charge on any atom is 0.240 e. The molecule has 1 saturated carbocycles. The van der Waals surface area contributed by atoms with Crippen molar-refractivity contribution in [1.29, 1.82) is 0 Å². The van der Waals surface area contributed by atoms with Crippen molar-refractivity contribution in [2.45, 2.75) is 110 Å². The molecule has 1 saturated heterocycles. The predicted molar refractivity (Wildman–Crippen MR) is 157 cm³/mol. The van der Waals surface area contributed by atoms with E-state index in [1.54, 1.807) is 12.0 Å². The van der Waals surface area contributed by atoms with Crippen LogP contribution in [0.5, 0.6) is 5.75 Å². The van der Waals surface area contributed by atoms with E-state index in [0.29, 0.717) is 24.0 Å². The summed E-state index contributed by atoms with van der Waals surface area (Å²) in [5.74, 6) is 0.565. The molecule has 2 fully saturated rings. The Hall–Kier alpha value is -0.723. The zero-order valence-electron chi connectivity index (χ0n) is 23.8. The summed E-state index contributed by atoms with van der Waals surface area (Å²) in [5, 5.41) is 26.6. The van der Waals surface area contributed by atoms with Gasteiger partial charge >= 0.3 is 0 Å². The third-order valence-electron chi connectivity index (χ3n) is 8.80. The molecule has 210 valence electrons. The van der Waals surface area contributed by atoms with Crippen LogP contribution in [0, 0.1) is 21.3 Å². The third kappa shape index (κ3) is 7.28. The van der Waals surface area contributed by atoms with E-state index < -0.39 is 32.5 Å². The van der Waals surface area contributed by atoms with Gasteiger partial charge in [-0.3, -0.25) is 9.63 Å². The van der Waals surface area contributed by atoms with Gasteiger partial charge in [-0.1, -0.05) is 53.2 Å². The van der Waals surface area contributed by atoms with E-state index >= 15 is 0 Å². The zero-order chi connectivity index (χ0) is 27.7. The molecule has 3 N–H and O–H groups in total. The molecule has 37 heavy (non-hydrogen) atoms. The van der Waals surface area contributed by atoms with Gasteiger partial charge in [-0.05, 0) is 78.4 Å². The number of hydrogen-bond acceptors (Lipinski definition) is 6. The molecule has 7 nitrogen and oxygen atoms in total. The first-order valence-corrected chi connectivity index (χ1v) is 17.6. The number of carbonyl (C=O) groups is 1. The van der Waals surface area contributed by atoms with Crippen LogP contribution in [0.25, 0.3) is 0 Å². The Labute approximate surface area is 237 Å². The first-order chi connectivity index (χ1) is 17.1. The van der Waals surface area contributed by atoms with Crippen molar-refractivity contribution in [2.24, 2.45) is 17.8 Å². The van der Waals surface area contributed by atoms with Crippen LogP contribution >= 0.6 is 22.6 Å². The first-order valence-electron chi connectivity index (χ1n) is 13.6. The summed E-state index contributed by atoms with van der Waals surface area (Å²) in [7, 11) is -2.07. The Balaban J connectivity index is 1.89.